The first-order chi connectivity index (χ1) is 9.26. The number of urea groups is 1. The number of rotatable bonds is 6. The van der Waals surface area contributed by atoms with Gasteiger partial charge in [0.1, 0.15) is 12.2 Å². The van der Waals surface area contributed by atoms with Gasteiger partial charge in [0, 0.05) is 6.54 Å². The highest BCUT2D eigenvalue weighted by Gasteiger charge is 2.10. The van der Waals surface area contributed by atoms with E-state index < -0.39 is 5.97 Å². The number of carboxylic acids is 1. The van der Waals surface area contributed by atoms with E-state index in [2.05, 4.69) is 41.7 Å². The van der Waals surface area contributed by atoms with Crippen molar-refractivity contribution < 1.29 is 14.7 Å². The summed E-state index contributed by atoms with van der Waals surface area (Å²) in [6.45, 7) is 6.88. The highest BCUT2D eigenvalue weighted by atomic mass is 16.4. The Labute approximate surface area is 117 Å². The van der Waals surface area contributed by atoms with E-state index in [0.717, 1.165) is 6.42 Å². The maximum absolute atomic E-state index is 11.5. The predicted octanol–water partition coefficient (Wildman–Crippen LogP) is 0.598. The summed E-state index contributed by atoms with van der Waals surface area (Å²) in [5.74, 6) is -0.991. The third-order valence-electron chi connectivity index (χ3n) is 2.47. The van der Waals surface area contributed by atoms with Crippen molar-refractivity contribution in [1.82, 2.24) is 25.6 Å². The van der Waals surface area contributed by atoms with Crippen molar-refractivity contribution in [2.45, 2.75) is 40.3 Å². The Balaban J connectivity index is 2.27. The van der Waals surface area contributed by atoms with Crippen LogP contribution in [0.1, 0.15) is 32.9 Å². The first kappa shape index (κ1) is 15.9. The monoisotopic (exact) mass is 283 g/mol. The van der Waals surface area contributed by atoms with Crippen LogP contribution < -0.4 is 10.6 Å². The summed E-state index contributed by atoms with van der Waals surface area (Å²) in [6, 6.07) is -0.276. The number of hydrogen-bond acceptors (Lipinski definition) is 4. The van der Waals surface area contributed by atoms with Crippen LogP contribution in [0.4, 0.5) is 4.79 Å². The van der Waals surface area contributed by atoms with Crippen LogP contribution in [0.2, 0.25) is 0 Å². The van der Waals surface area contributed by atoms with Gasteiger partial charge in [0.05, 0.1) is 12.7 Å². The third-order valence-corrected chi connectivity index (χ3v) is 2.47. The molecular formula is C12H21N5O3. The second-order valence-corrected chi connectivity index (χ2v) is 5.72. The summed E-state index contributed by atoms with van der Waals surface area (Å²) in [7, 11) is 0. The number of aromatic nitrogens is 3. The maximum atomic E-state index is 11.5. The average Bonchev–Trinajstić information content (AvgIpc) is 2.71. The Morgan fingerprint density at radius 1 is 1.35 bits per heavy atom. The molecule has 0 fully saturated rings. The van der Waals surface area contributed by atoms with E-state index in [0.29, 0.717) is 12.2 Å². The van der Waals surface area contributed by atoms with E-state index in [1.165, 1.54) is 10.9 Å². The molecule has 1 heterocycles. The van der Waals surface area contributed by atoms with Gasteiger partial charge in [-0.15, -0.1) is 5.10 Å². The molecular weight excluding hydrogens is 262 g/mol. The van der Waals surface area contributed by atoms with Crippen molar-refractivity contribution in [1.29, 1.82) is 0 Å². The van der Waals surface area contributed by atoms with Gasteiger partial charge in [0.25, 0.3) is 0 Å². The molecule has 2 amide bonds. The second kappa shape index (κ2) is 6.88. The number of hydrogen-bond donors (Lipinski definition) is 3. The number of aliphatic carboxylic acids is 1. The number of carbonyl (C=O) groups is 2. The van der Waals surface area contributed by atoms with Crippen molar-refractivity contribution in [2.24, 2.45) is 5.41 Å². The molecule has 3 N–H and O–H groups in total. The summed E-state index contributed by atoms with van der Waals surface area (Å²) in [5, 5.41) is 21.4. The zero-order valence-corrected chi connectivity index (χ0v) is 12.0. The molecule has 8 nitrogen and oxygen atoms in total. The van der Waals surface area contributed by atoms with Crippen molar-refractivity contribution in [3.05, 3.63) is 11.9 Å². The molecule has 0 bridgehead atoms. The Hall–Kier alpha value is -2.12. The molecule has 112 valence electrons. The number of nitrogens with one attached hydrogen (secondary N) is 2. The predicted molar refractivity (Wildman–Crippen MR) is 72.0 cm³/mol. The van der Waals surface area contributed by atoms with E-state index in [1.54, 1.807) is 0 Å². The van der Waals surface area contributed by atoms with E-state index in [4.69, 9.17) is 5.11 Å². The molecule has 0 spiro atoms. The normalized spacial score (nSPS) is 11.2. The molecule has 1 aromatic rings. The van der Waals surface area contributed by atoms with Gasteiger partial charge in [-0.05, 0) is 11.8 Å². The quantitative estimate of drug-likeness (QED) is 0.708. The van der Waals surface area contributed by atoms with Gasteiger partial charge >= 0.3 is 12.0 Å². The van der Waals surface area contributed by atoms with E-state index in [9.17, 15) is 9.59 Å². The first-order valence-electron chi connectivity index (χ1n) is 6.39. The zero-order chi connectivity index (χ0) is 15.2. The van der Waals surface area contributed by atoms with E-state index >= 15 is 0 Å². The summed E-state index contributed by atoms with van der Waals surface area (Å²) in [5.41, 5.74) is 0.685. The van der Waals surface area contributed by atoms with Crippen LogP contribution in [0.3, 0.4) is 0 Å². The van der Waals surface area contributed by atoms with Crippen molar-refractivity contribution in [2.75, 3.05) is 6.54 Å². The lowest BCUT2D eigenvalue weighted by Crippen LogP contribution is -2.36. The fourth-order valence-electron chi connectivity index (χ4n) is 1.42. The molecule has 0 aromatic carbocycles. The Morgan fingerprint density at radius 3 is 2.65 bits per heavy atom. The number of carboxylic acid groups (broad SMARTS) is 1. The molecule has 1 rings (SSSR count). The molecule has 0 radical (unpaired) electrons. The van der Waals surface area contributed by atoms with Gasteiger partial charge in [-0.3, -0.25) is 4.79 Å². The molecule has 0 unspecified atom stereocenters. The molecule has 0 atom stereocenters. The molecule has 0 aliphatic carbocycles. The Morgan fingerprint density at radius 2 is 2.05 bits per heavy atom. The topological polar surface area (TPSA) is 109 Å². The largest absolute Gasteiger partial charge is 0.480 e. The van der Waals surface area contributed by atoms with Crippen molar-refractivity contribution in [3.8, 4) is 0 Å². The lowest BCUT2D eigenvalue weighted by Gasteiger charge is -2.18. The molecule has 8 heteroatoms. The highest BCUT2D eigenvalue weighted by molar-refractivity contribution is 5.73. The van der Waals surface area contributed by atoms with Crippen LogP contribution in [0.25, 0.3) is 0 Å². The summed E-state index contributed by atoms with van der Waals surface area (Å²) in [4.78, 5) is 22.0. The van der Waals surface area contributed by atoms with Crippen molar-refractivity contribution >= 4 is 12.0 Å². The van der Waals surface area contributed by atoms with E-state index in [-0.39, 0.29) is 24.5 Å². The average molecular weight is 283 g/mol. The maximum Gasteiger partial charge on any atom is 0.325 e. The summed E-state index contributed by atoms with van der Waals surface area (Å²) >= 11 is 0. The Bertz CT molecular complexity index is 464. The summed E-state index contributed by atoms with van der Waals surface area (Å²) in [6.07, 6.45) is 2.37. The minimum Gasteiger partial charge on any atom is -0.480 e. The molecule has 1 aromatic heterocycles. The van der Waals surface area contributed by atoms with Crippen LogP contribution in [0.15, 0.2) is 6.20 Å². The van der Waals surface area contributed by atoms with Crippen LogP contribution >= 0.6 is 0 Å². The number of nitrogens with zero attached hydrogens (tertiary/aromatic N) is 3. The van der Waals surface area contributed by atoms with Gasteiger partial charge in [0.2, 0.25) is 0 Å². The van der Waals surface area contributed by atoms with Gasteiger partial charge in [0.15, 0.2) is 0 Å². The standard InChI is InChI=1S/C12H21N5O3/c1-12(2,3)4-5-13-11(20)14-6-9-7-17(16-15-9)8-10(18)19/h7H,4-6,8H2,1-3H3,(H,18,19)(H2,13,14,20). The van der Waals surface area contributed by atoms with Crippen LogP contribution in [-0.2, 0) is 17.9 Å². The molecule has 0 aliphatic rings. The Kier molecular flexibility index (Phi) is 5.48. The number of amides is 2. The van der Waals surface area contributed by atoms with Gasteiger partial charge in [-0.2, -0.15) is 0 Å². The third kappa shape index (κ3) is 6.72. The summed E-state index contributed by atoms with van der Waals surface area (Å²) < 4.78 is 1.21. The zero-order valence-electron chi connectivity index (χ0n) is 12.0. The van der Waals surface area contributed by atoms with Gasteiger partial charge in [-0.1, -0.05) is 26.0 Å². The van der Waals surface area contributed by atoms with Crippen LogP contribution in [0.5, 0.6) is 0 Å². The van der Waals surface area contributed by atoms with Crippen molar-refractivity contribution in [3.63, 3.8) is 0 Å². The highest BCUT2D eigenvalue weighted by Crippen LogP contribution is 2.16. The van der Waals surface area contributed by atoms with Crippen LogP contribution in [-0.4, -0.2) is 38.6 Å². The minimum absolute atomic E-state index is 0.173. The molecule has 0 saturated carbocycles. The molecule has 20 heavy (non-hydrogen) atoms. The SMILES string of the molecule is CC(C)(C)CCNC(=O)NCc1cn(CC(=O)O)nn1. The fourth-order valence-corrected chi connectivity index (χ4v) is 1.42. The molecule has 0 saturated heterocycles. The van der Waals surface area contributed by atoms with Crippen LogP contribution in [0, 0.1) is 5.41 Å². The minimum atomic E-state index is -0.991. The lowest BCUT2D eigenvalue weighted by atomic mass is 9.92. The smallest absolute Gasteiger partial charge is 0.325 e. The van der Waals surface area contributed by atoms with E-state index in [1.807, 2.05) is 0 Å². The first-order valence-corrected chi connectivity index (χ1v) is 6.39. The second-order valence-electron chi connectivity index (χ2n) is 5.72. The van der Waals surface area contributed by atoms with Gasteiger partial charge < -0.3 is 15.7 Å². The fraction of sp³-hybridized carbons (Fsp3) is 0.667. The molecule has 0 aliphatic heterocycles. The lowest BCUT2D eigenvalue weighted by molar-refractivity contribution is -0.137. The van der Waals surface area contributed by atoms with Gasteiger partial charge in [-0.25, -0.2) is 9.48 Å². The number of carbonyl (C=O) groups excluding carboxylic acids is 1.